The Hall–Kier alpha value is -0.900. The summed E-state index contributed by atoms with van der Waals surface area (Å²) in [6, 6.07) is 6.11. The fourth-order valence-corrected chi connectivity index (χ4v) is 5.23. The molecule has 2 unspecified atom stereocenters. The molecule has 1 saturated carbocycles. The largest absolute Gasteiger partial charge is 0.319 e. The van der Waals surface area contributed by atoms with Crippen molar-refractivity contribution < 1.29 is 0 Å². The number of nitrogens with two attached hydrogens (primary N) is 1. The Labute approximate surface area is 134 Å². The molecule has 2 aliphatic rings. The zero-order chi connectivity index (χ0) is 14.6. The van der Waals surface area contributed by atoms with E-state index >= 15 is 0 Å². The summed E-state index contributed by atoms with van der Waals surface area (Å²) in [5, 5.41) is 1.94. The lowest BCUT2D eigenvalue weighted by Crippen LogP contribution is -2.40. The van der Waals surface area contributed by atoms with Crippen LogP contribution in [-0.4, -0.2) is 4.98 Å². The minimum atomic E-state index is -0.209. The maximum absolute atomic E-state index is 6.70. The maximum Gasteiger partial charge on any atom is 0.113 e. The Balaban J connectivity index is 1.73. The molecule has 21 heavy (non-hydrogen) atoms. The minimum absolute atomic E-state index is 0.209. The summed E-state index contributed by atoms with van der Waals surface area (Å²) in [4.78, 5) is 6.29. The molecule has 2 N–H and O–H groups in total. The quantitative estimate of drug-likeness (QED) is 0.704. The summed E-state index contributed by atoms with van der Waals surface area (Å²) in [6.07, 6.45) is 5.60. The van der Waals surface area contributed by atoms with Crippen LogP contribution in [0.2, 0.25) is 5.02 Å². The van der Waals surface area contributed by atoms with Gasteiger partial charge in [0, 0.05) is 21.9 Å². The highest BCUT2D eigenvalue weighted by Gasteiger charge is 2.37. The van der Waals surface area contributed by atoms with E-state index in [9.17, 15) is 0 Å². The number of thiazole rings is 1. The van der Waals surface area contributed by atoms with Gasteiger partial charge >= 0.3 is 0 Å². The molecular weight excluding hydrogens is 300 g/mol. The van der Waals surface area contributed by atoms with Crippen molar-refractivity contribution in [3.8, 4) is 11.3 Å². The molecule has 0 aliphatic heterocycles. The minimum Gasteiger partial charge on any atom is -0.319 e. The lowest BCUT2D eigenvalue weighted by Gasteiger charge is -2.35. The number of nitrogens with zero attached hydrogens (tertiary/aromatic N) is 1. The maximum atomic E-state index is 6.70. The van der Waals surface area contributed by atoms with Gasteiger partial charge < -0.3 is 5.73 Å². The van der Waals surface area contributed by atoms with E-state index in [1.165, 1.54) is 28.8 Å². The summed E-state index contributed by atoms with van der Waals surface area (Å²) in [5.41, 5.74) is 10.2. The molecule has 2 atom stereocenters. The van der Waals surface area contributed by atoms with Crippen LogP contribution < -0.4 is 5.73 Å². The van der Waals surface area contributed by atoms with Crippen molar-refractivity contribution in [1.29, 1.82) is 0 Å². The lowest BCUT2D eigenvalue weighted by atomic mass is 9.77. The van der Waals surface area contributed by atoms with Gasteiger partial charge in [0.1, 0.15) is 5.01 Å². The van der Waals surface area contributed by atoms with Crippen molar-refractivity contribution in [3.63, 3.8) is 0 Å². The number of hydrogen-bond acceptors (Lipinski definition) is 3. The van der Waals surface area contributed by atoms with Crippen LogP contribution >= 0.6 is 22.9 Å². The highest BCUT2D eigenvalue weighted by Crippen LogP contribution is 2.45. The molecule has 0 spiro atoms. The Kier molecular flexibility index (Phi) is 3.14. The van der Waals surface area contributed by atoms with Crippen LogP contribution in [0.5, 0.6) is 0 Å². The zero-order valence-corrected chi connectivity index (χ0v) is 13.7. The number of halogens is 1. The molecule has 1 heterocycles. The molecule has 0 amide bonds. The first-order valence-electron chi connectivity index (χ1n) is 7.63. The molecule has 4 rings (SSSR count). The van der Waals surface area contributed by atoms with Crippen LogP contribution in [0.25, 0.3) is 11.3 Å². The average Bonchev–Trinajstić information content (AvgIpc) is 2.95. The Morgan fingerprint density at radius 2 is 2.29 bits per heavy atom. The molecule has 1 fully saturated rings. The first-order valence-corrected chi connectivity index (χ1v) is 8.82. The van der Waals surface area contributed by atoms with E-state index in [4.69, 9.17) is 22.3 Å². The predicted molar refractivity (Wildman–Crippen MR) is 88.9 cm³/mol. The third-order valence-corrected chi connectivity index (χ3v) is 6.34. The van der Waals surface area contributed by atoms with E-state index in [-0.39, 0.29) is 5.54 Å². The lowest BCUT2D eigenvalue weighted by molar-refractivity contribution is 0.238. The second kappa shape index (κ2) is 4.80. The molecule has 2 aromatic rings. The van der Waals surface area contributed by atoms with E-state index in [0.717, 1.165) is 35.0 Å². The molecule has 0 saturated heterocycles. The third-order valence-electron chi connectivity index (χ3n) is 4.83. The highest BCUT2D eigenvalue weighted by molar-refractivity contribution is 7.12. The summed E-state index contributed by atoms with van der Waals surface area (Å²) < 4.78 is 0. The fraction of sp³-hybridized carbons (Fsp3) is 0.471. The van der Waals surface area contributed by atoms with Crippen molar-refractivity contribution >= 4 is 22.9 Å². The van der Waals surface area contributed by atoms with Gasteiger partial charge in [-0.25, -0.2) is 4.98 Å². The van der Waals surface area contributed by atoms with E-state index in [2.05, 4.69) is 19.1 Å². The molecule has 1 aromatic carbocycles. The molecule has 2 aliphatic carbocycles. The number of fused-ring (bicyclic) bond motifs is 3. The van der Waals surface area contributed by atoms with E-state index in [0.29, 0.717) is 5.92 Å². The second-order valence-electron chi connectivity index (χ2n) is 6.63. The fourth-order valence-electron chi connectivity index (χ4n) is 3.79. The van der Waals surface area contributed by atoms with Crippen LogP contribution in [0.15, 0.2) is 18.2 Å². The Morgan fingerprint density at radius 1 is 1.43 bits per heavy atom. The molecule has 2 nitrogen and oxygen atoms in total. The normalized spacial score (nSPS) is 27.5. The monoisotopic (exact) mass is 318 g/mol. The van der Waals surface area contributed by atoms with E-state index in [1.54, 1.807) is 0 Å². The first-order chi connectivity index (χ1) is 10.0. The Bertz CT molecular complexity index is 709. The standard InChI is InChI=1S/C17H19ClN2S/c1-10-3-2-6-17(19,9-10)16-20-15-13-5-4-12(18)7-11(13)8-14(15)21-16/h4-5,7,10H,2-3,6,8-9,19H2,1H3. The molecule has 110 valence electrons. The van der Waals surface area contributed by atoms with Gasteiger partial charge in [-0.15, -0.1) is 11.3 Å². The van der Waals surface area contributed by atoms with Crippen molar-refractivity contribution in [1.82, 2.24) is 4.98 Å². The zero-order valence-electron chi connectivity index (χ0n) is 12.2. The van der Waals surface area contributed by atoms with Gasteiger partial charge in [0.25, 0.3) is 0 Å². The van der Waals surface area contributed by atoms with Crippen molar-refractivity contribution in [2.75, 3.05) is 0 Å². The van der Waals surface area contributed by atoms with Gasteiger partial charge in [-0.3, -0.25) is 0 Å². The van der Waals surface area contributed by atoms with Crippen molar-refractivity contribution in [2.24, 2.45) is 11.7 Å². The van der Waals surface area contributed by atoms with E-state index in [1.807, 2.05) is 17.4 Å². The third kappa shape index (κ3) is 2.23. The van der Waals surface area contributed by atoms with Crippen molar-refractivity contribution in [2.45, 2.75) is 44.6 Å². The predicted octanol–water partition coefficient (Wildman–Crippen LogP) is 4.73. The molecular formula is C17H19ClN2S. The summed E-state index contributed by atoms with van der Waals surface area (Å²) >= 11 is 7.90. The van der Waals surface area contributed by atoms with Gasteiger partial charge in [0.15, 0.2) is 0 Å². The Morgan fingerprint density at radius 3 is 3.10 bits per heavy atom. The van der Waals surface area contributed by atoms with Gasteiger partial charge in [-0.1, -0.05) is 37.4 Å². The smallest absolute Gasteiger partial charge is 0.113 e. The van der Waals surface area contributed by atoms with E-state index < -0.39 is 0 Å². The van der Waals surface area contributed by atoms with Crippen molar-refractivity contribution in [3.05, 3.63) is 38.7 Å². The highest BCUT2D eigenvalue weighted by atomic mass is 35.5. The summed E-state index contributed by atoms with van der Waals surface area (Å²) in [5.74, 6) is 0.702. The number of rotatable bonds is 1. The summed E-state index contributed by atoms with van der Waals surface area (Å²) in [6.45, 7) is 2.30. The first kappa shape index (κ1) is 13.7. The van der Waals surface area contributed by atoms with Gasteiger partial charge in [-0.05, 0) is 36.5 Å². The number of benzene rings is 1. The SMILES string of the molecule is CC1CCCC(N)(c2nc3c(s2)Cc2cc(Cl)ccc2-3)C1. The van der Waals surface area contributed by atoms with Gasteiger partial charge in [0.05, 0.1) is 11.2 Å². The average molecular weight is 319 g/mol. The topological polar surface area (TPSA) is 38.9 Å². The molecule has 4 heteroatoms. The van der Waals surface area contributed by atoms with Crippen LogP contribution in [0.3, 0.4) is 0 Å². The van der Waals surface area contributed by atoms with Gasteiger partial charge in [0.2, 0.25) is 0 Å². The molecule has 0 bridgehead atoms. The molecule has 0 radical (unpaired) electrons. The summed E-state index contributed by atoms with van der Waals surface area (Å²) in [7, 11) is 0. The number of hydrogen-bond donors (Lipinski definition) is 1. The van der Waals surface area contributed by atoms with Crippen LogP contribution in [0, 0.1) is 5.92 Å². The van der Waals surface area contributed by atoms with Crippen LogP contribution in [0.4, 0.5) is 0 Å². The molecule has 1 aromatic heterocycles. The van der Waals surface area contributed by atoms with Gasteiger partial charge in [-0.2, -0.15) is 0 Å². The second-order valence-corrected chi connectivity index (χ2v) is 8.15. The van der Waals surface area contributed by atoms with Crippen LogP contribution in [-0.2, 0) is 12.0 Å². The van der Waals surface area contributed by atoms with Crippen LogP contribution in [0.1, 0.15) is 48.1 Å². The number of aromatic nitrogens is 1.